The fourth-order valence-electron chi connectivity index (χ4n) is 2.19. The van der Waals surface area contributed by atoms with Crippen molar-refractivity contribution in [1.29, 1.82) is 0 Å². The van der Waals surface area contributed by atoms with Crippen LogP contribution in [0.4, 0.5) is 5.69 Å². The summed E-state index contributed by atoms with van der Waals surface area (Å²) >= 11 is 1.60. The Morgan fingerprint density at radius 3 is 2.70 bits per heavy atom. The van der Waals surface area contributed by atoms with E-state index < -0.39 is 0 Å². The van der Waals surface area contributed by atoms with Gasteiger partial charge in [0.15, 0.2) is 0 Å². The Morgan fingerprint density at radius 1 is 1.22 bits per heavy atom. The van der Waals surface area contributed by atoms with Crippen molar-refractivity contribution in [3.05, 3.63) is 53.6 Å². The van der Waals surface area contributed by atoms with E-state index in [4.69, 9.17) is 9.47 Å². The highest BCUT2D eigenvalue weighted by molar-refractivity contribution is 7.98. The molecular formula is C18H21NO3S. The van der Waals surface area contributed by atoms with Crippen molar-refractivity contribution < 1.29 is 14.3 Å². The number of methoxy groups -OCH3 is 1. The molecule has 122 valence electrons. The number of anilines is 1. The Hall–Kier alpha value is -1.98. The summed E-state index contributed by atoms with van der Waals surface area (Å²) in [5.74, 6) is 0.575. The topological polar surface area (TPSA) is 47.6 Å². The van der Waals surface area contributed by atoms with Crippen LogP contribution in [0.25, 0.3) is 0 Å². The van der Waals surface area contributed by atoms with Gasteiger partial charge in [0.2, 0.25) is 0 Å². The quantitative estimate of drug-likeness (QED) is 0.772. The minimum absolute atomic E-state index is 0.146. The third-order valence-electron chi connectivity index (χ3n) is 3.36. The highest BCUT2D eigenvalue weighted by Gasteiger charge is 2.12. The number of carbonyl (C=O) groups excluding carboxylic acids is 1. The summed E-state index contributed by atoms with van der Waals surface area (Å²) in [5, 5.41) is 2.96. The molecule has 0 fully saturated rings. The first-order valence-corrected chi connectivity index (χ1v) is 8.61. The molecule has 23 heavy (non-hydrogen) atoms. The third kappa shape index (κ3) is 4.50. The van der Waals surface area contributed by atoms with E-state index in [1.807, 2.05) is 43.5 Å². The Labute approximate surface area is 141 Å². The molecule has 5 heteroatoms. The van der Waals surface area contributed by atoms with Crippen molar-refractivity contribution in [3.8, 4) is 5.75 Å². The minimum atomic E-state index is -0.146. The zero-order valence-corrected chi connectivity index (χ0v) is 14.4. The second-order valence-corrected chi connectivity index (χ2v) is 5.67. The standard InChI is InChI=1S/C18H21NO3S/c1-4-22-12-14-11-13(9-10-16(14)21-2)18(20)19-15-7-5-6-8-17(15)23-3/h5-11H,4,12H2,1-3H3,(H,19,20). The average molecular weight is 331 g/mol. The SMILES string of the molecule is CCOCc1cc(C(=O)Nc2ccccc2SC)ccc1OC. The van der Waals surface area contributed by atoms with Gasteiger partial charge in [-0.25, -0.2) is 0 Å². The van der Waals surface area contributed by atoms with Crippen LogP contribution in [0, 0.1) is 0 Å². The monoisotopic (exact) mass is 331 g/mol. The van der Waals surface area contributed by atoms with E-state index in [9.17, 15) is 4.79 Å². The molecule has 0 saturated heterocycles. The van der Waals surface area contributed by atoms with Crippen molar-refractivity contribution in [1.82, 2.24) is 0 Å². The largest absolute Gasteiger partial charge is 0.496 e. The smallest absolute Gasteiger partial charge is 0.255 e. The summed E-state index contributed by atoms with van der Waals surface area (Å²) in [6.07, 6.45) is 1.98. The fraction of sp³-hybridized carbons (Fsp3) is 0.278. The van der Waals surface area contributed by atoms with Crippen LogP contribution in [0.15, 0.2) is 47.4 Å². The first-order chi connectivity index (χ1) is 11.2. The molecule has 0 unspecified atom stereocenters. The summed E-state index contributed by atoms with van der Waals surface area (Å²) < 4.78 is 10.8. The molecule has 0 heterocycles. The maximum absolute atomic E-state index is 12.5. The first kappa shape index (κ1) is 17.4. The Bertz CT molecular complexity index is 673. The number of hydrogen-bond donors (Lipinski definition) is 1. The molecule has 0 aliphatic heterocycles. The molecule has 0 saturated carbocycles. The van der Waals surface area contributed by atoms with Crippen molar-refractivity contribution >= 4 is 23.4 Å². The highest BCUT2D eigenvalue weighted by atomic mass is 32.2. The van der Waals surface area contributed by atoms with Crippen LogP contribution < -0.4 is 10.1 Å². The molecule has 0 aliphatic rings. The van der Waals surface area contributed by atoms with Gasteiger partial charge in [-0.05, 0) is 43.5 Å². The van der Waals surface area contributed by atoms with E-state index in [-0.39, 0.29) is 5.91 Å². The number of ether oxygens (including phenoxy) is 2. The van der Waals surface area contributed by atoms with E-state index >= 15 is 0 Å². The lowest BCUT2D eigenvalue weighted by Crippen LogP contribution is -2.13. The van der Waals surface area contributed by atoms with Crippen molar-refractivity contribution in [3.63, 3.8) is 0 Å². The van der Waals surface area contributed by atoms with Crippen LogP contribution in [0.1, 0.15) is 22.8 Å². The van der Waals surface area contributed by atoms with Gasteiger partial charge in [0.1, 0.15) is 5.75 Å². The predicted octanol–water partition coefficient (Wildman–Crippen LogP) is 4.21. The fourth-order valence-corrected chi connectivity index (χ4v) is 2.74. The number of benzene rings is 2. The van der Waals surface area contributed by atoms with Gasteiger partial charge >= 0.3 is 0 Å². The summed E-state index contributed by atoms with van der Waals surface area (Å²) in [5.41, 5.74) is 2.25. The molecule has 4 nitrogen and oxygen atoms in total. The van der Waals surface area contributed by atoms with Gasteiger partial charge in [-0.2, -0.15) is 0 Å². The molecule has 0 bridgehead atoms. The Kier molecular flexibility index (Phi) is 6.50. The van der Waals surface area contributed by atoms with E-state index in [1.165, 1.54) is 0 Å². The molecule has 0 atom stereocenters. The molecule has 2 aromatic carbocycles. The molecular weight excluding hydrogens is 310 g/mol. The molecule has 0 aliphatic carbocycles. The van der Waals surface area contributed by atoms with Gasteiger partial charge in [0, 0.05) is 22.6 Å². The zero-order valence-electron chi connectivity index (χ0n) is 13.6. The van der Waals surface area contributed by atoms with Gasteiger partial charge < -0.3 is 14.8 Å². The lowest BCUT2D eigenvalue weighted by molar-refractivity contribution is 0.102. The van der Waals surface area contributed by atoms with Crippen LogP contribution in [-0.4, -0.2) is 25.9 Å². The number of hydrogen-bond acceptors (Lipinski definition) is 4. The minimum Gasteiger partial charge on any atom is -0.496 e. The highest BCUT2D eigenvalue weighted by Crippen LogP contribution is 2.26. The van der Waals surface area contributed by atoms with Gasteiger partial charge in [-0.1, -0.05) is 12.1 Å². The summed E-state index contributed by atoms with van der Waals surface area (Å²) in [7, 11) is 1.61. The molecule has 2 aromatic rings. The van der Waals surface area contributed by atoms with E-state index in [1.54, 1.807) is 31.0 Å². The van der Waals surface area contributed by atoms with E-state index in [0.717, 1.165) is 21.9 Å². The lowest BCUT2D eigenvalue weighted by Gasteiger charge is -2.12. The van der Waals surface area contributed by atoms with E-state index in [0.29, 0.717) is 18.8 Å². The van der Waals surface area contributed by atoms with Crippen molar-refractivity contribution in [2.24, 2.45) is 0 Å². The molecule has 1 amide bonds. The number of carbonyl (C=O) groups is 1. The van der Waals surface area contributed by atoms with Gasteiger partial charge in [0.25, 0.3) is 5.91 Å². The van der Waals surface area contributed by atoms with Gasteiger partial charge in [-0.3, -0.25) is 4.79 Å². The third-order valence-corrected chi connectivity index (χ3v) is 4.16. The molecule has 0 spiro atoms. The summed E-state index contributed by atoms with van der Waals surface area (Å²) in [6, 6.07) is 13.1. The Morgan fingerprint density at radius 2 is 2.00 bits per heavy atom. The normalized spacial score (nSPS) is 10.4. The number of nitrogens with one attached hydrogen (secondary N) is 1. The zero-order chi connectivity index (χ0) is 16.7. The summed E-state index contributed by atoms with van der Waals surface area (Å²) in [6.45, 7) is 2.96. The maximum atomic E-state index is 12.5. The molecule has 0 aromatic heterocycles. The van der Waals surface area contributed by atoms with Gasteiger partial charge in [0.05, 0.1) is 19.4 Å². The van der Waals surface area contributed by atoms with Crippen molar-refractivity contribution in [2.75, 3.05) is 25.3 Å². The summed E-state index contributed by atoms with van der Waals surface area (Å²) in [4.78, 5) is 13.5. The second-order valence-electron chi connectivity index (χ2n) is 4.82. The Balaban J connectivity index is 2.21. The average Bonchev–Trinajstić information content (AvgIpc) is 2.60. The van der Waals surface area contributed by atoms with Crippen LogP contribution in [0.3, 0.4) is 0 Å². The maximum Gasteiger partial charge on any atom is 0.255 e. The van der Waals surface area contributed by atoms with Crippen LogP contribution in [-0.2, 0) is 11.3 Å². The number of thioether (sulfide) groups is 1. The van der Waals surface area contributed by atoms with E-state index in [2.05, 4.69) is 5.32 Å². The number of amides is 1. The molecule has 2 rings (SSSR count). The predicted molar refractivity (Wildman–Crippen MR) is 94.5 cm³/mol. The van der Waals surface area contributed by atoms with Crippen LogP contribution >= 0.6 is 11.8 Å². The van der Waals surface area contributed by atoms with Crippen LogP contribution in [0.2, 0.25) is 0 Å². The van der Waals surface area contributed by atoms with Gasteiger partial charge in [-0.15, -0.1) is 11.8 Å². The lowest BCUT2D eigenvalue weighted by atomic mass is 10.1. The van der Waals surface area contributed by atoms with Crippen LogP contribution in [0.5, 0.6) is 5.75 Å². The number of para-hydroxylation sites is 1. The number of rotatable bonds is 7. The molecule has 0 radical (unpaired) electrons. The van der Waals surface area contributed by atoms with Crippen molar-refractivity contribution in [2.45, 2.75) is 18.4 Å². The second kappa shape index (κ2) is 8.60. The molecule has 1 N–H and O–H groups in total. The first-order valence-electron chi connectivity index (χ1n) is 7.38.